The van der Waals surface area contributed by atoms with Gasteiger partial charge in [-0.2, -0.15) is 5.10 Å². The number of carbonyl (C=O) groups is 1. The second kappa shape index (κ2) is 16.6. The number of carbonyl (C=O) groups excluding carboxylic acids is 1. The number of terminal acetylenes is 1. The normalized spacial score (nSPS) is 14.1. The molecule has 7 heteroatoms. The Morgan fingerprint density at radius 3 is 2.42 bits per heavy atom. The number of alkyl halides is 1. The van der Waals surface area contributed by atoms with Gasteiger partial charge in [-0.3, -0.25) is 9.80 Å². The van der Waals surface area contributed by atoms with Crippen molar-refractivity contribution in [3.8, 4) is 12.8 Å². The molecule has 0 aromatic heterocycles. The van der Waals surface area contributed by atoms with Gasteiger partial charge in [0.1, 0.15) is 12.2 Å². The molecule has 2 aromatic rings. The monoisotopic (exact) mass is 517 g/mol. The highest BCUT2D eigenvalue weighted by Crippen LogP contribution is 2.27. The fourth-order valence-corrected chi connectivity index (χ4v) is 3.53. The van der Waals surface area contributed by atoms with Crippen molar-refractivity contribution in [1.82, 2.24) is 10.3 Å². The summed E-state index contributed by atoms with van der Waals surface area (Å²) in [6, 6.07) is 15.8. The fraction of sp³-hybridized carbons (Fsp3) is 0.355. The zero-order chi connectivity index (χ0) is 28.6. The number of halogens is 1. The van der Waals surface area contributed by atoms with Gasteiger partial charge in [-0.1, -0.05) is 61.0 Å². The molecule has 0 bridgehead atoms. The van der Waals surface area contributed by atoms with Crippen molar-refractivity contribution in [2.45, 2.75) is 53.1 Å². The molecule has 0 saturated carbocycles. The van der Waals surface area contributed by atoms with E-state index in [1.165, 1.54) is 19.4 Å². The van der Waals surface area contributed by atoms with Gasteiger partial charge in [-0.05, 0) is 58.0 Å². The molecule has 6 nitrogen and oxygen atoms in total. The summed E-state index contributed by atoms with van der Waals surface area (Å²) in [5, 5.41) is 9.00. The van der Waals surface area contributed by atoms with E-state index in [1.54, 1.807) is 23.3 Å². The number of amidine groups is 1. The minimum atomic E-state index is -1.44. The Kier molecular flexibility index (Phi) is 14.0. The summed E-state index contributed by atoms with van der Waals surface area (Å²) < 4.78 is 14.4. The van der Waals surface area contributed by atoms with Crippen molar-refractivity contribution in [3.63, 3.8) is 0 Å². The number of amides is 1. The number of nitrogens with one attached hydrogen (secondary N) is 1. The zero-order valence-corrected chi connectivity index (χ0v) is 23.2. The van der Waals surface area contributed by atoms with E-state index >= 15 is 0 Å². The van der Waals surface area contributed by atoms with Gasteiger partial charge in [0.2, 0.25) is 5.91 Å². The van der Waals surface area contributed by atoms with Gasteiger partial charge in [-0.15, -0.1) is 12.8 Å². The minimum Gasteiger partial charge on any atom is -0.353 e. The molecule has 0 spiro atoms. The maximum Gasteiger partial charge on any atom is 0.241 e. The quantitative estimate of drug-likeness (QED) is 0.284. The van der Waals surface area contributed by atoms with Crippen LogP contribution in [0.25, 0.3) is 0 Å². The van der Waals surface area contributed by atoms with Crippen LogP contribution < -0.4 is 5.32 Å². The molecule has 1 heterocycles. The smallest absolute Gasteiger partial charge is 0.241 e. The number of piperazine rings is 1. The Bertz CT molecular complexity index is 1140. The van der Waals surface area contributed by atoms with Crippen LogP contribution >= 0.6 is 0 Å². The van der Waals surface area contributed by atoms with Crippen LogP contribution in [0.5, 0.6) is 0 Å². The topological polar surface area (TPSA) is 69.4 Å². The molecule has 1 saturated heterocycles. The number of hydrogen-bond donors (Lipinski definition) is 1. The van der Waals surface area contributed by atoms with Crippen molar-refractivity contribution in [3.05, 3.63) is 83.1 Å². The van der Waals surface area contributed by atoms with Crippen LogP contribution in [0.4, 0.5) is 4.39 Å². The molecule has 3 rings (SSSR count). The van der Waals surface area contributed by atoms with Gasteiger partial charge in [-0.25, -0.2) is 14.4 Å². The molecule has 1 amide bonds. The van der Waals surface area contributed by atoms with Gasteiger partial charge in [0.15, 0.2) is 5.84 Å². The third-order valence-corrected chi connectivity index (χ3v) is 5.55. The Morgan fingerprint density at radius 2 is 1.89 bits per heavy atom. The summed E-state index contributed by atoms with van der Waals surface area (Å²) in [6.45, 7) is 14.3. The molecule has 38 heavy (non-hydrogen) atoms. The zero-order valence-electron chi connectivity index (χ0n) is 23.2. The van der Waals surface area contributed by atoms with E-state index in [9.17, 15) is 9.18 Å². The number of benzene rings is 2. The van der Waals surface area contributed by atoms with Crippen molar-refractivity contribution >= 4 is 24.2 Å². The van der Waals surface area contributed by atoms with Crippen LogP contribution in [0.3, 0.4) is 0 Å². The third kappa shape index (κ3) is 11.3. The predicted molar refractivity (Wildman–Crippen MR) is 159 cm³/mol. The largest absolute Gasteiger partial charge is 0.353 e. The summed E-state index contributed by atoms with van der Waals surface area (Å²) >= 11 is 0. The molecule has 2 aromatic carbocycles. The predicted octanol–water partition coefficient (Wildman–Crippen LogP) is 5.86. The summed E-state index contributed by atoms with van der Waals surface area (Å²) in [5.74, 6) is 0.451. The number of nitrogens with zero attached hydrogens (tertiary/aromatic N) is 4. The van der Waals surface area contributed by atoms with Gasteiger partial charge in [0, 0.05) is 30.4 Å². The van der Waals surface area contributed by atoms with Crippen molar-refractivity contribution in [2.24, 2.45) is 15.1 Å². The summed E-state index contributed by atoms with van der Waals surface area (Å²) in [6.07, 6.45) is 12.9. The van der Waals surface area contributed by atoms with Gasteiger partial charge >= 0.3 is 0 Å². The number of hydrazone groups is 1. The van der Waals surface area contributed by atoms with E-state index in [-0.39, 0.29) is 12.5 Å². The molecule has 0 unspecified atom stereocenters. The average Bonchev–Trinajstić information content (AvgIpc) is 2.90. The Labute approximate surface area is 227 Å². The Hall–Kier alpha value is -4.05. The van der Waals surface area contributed by atoms with E-state index < -0.39 is 5.67 Å². The van der Waals surface area contributed by atoms with E-state index in [2.05, 4.69) is 59.0 Å². The van der Waals surface area contributed by atoms with Crippen LogP contribution in [0.2, 0.25) is 0 Å². The Morgan fingerprint density at radius 1 is 1.21 bits per heavy atom. The lowest BCUT2D eigenvalue weighted by Crippen LogP contribution is -2.45. The van der Waals surface area contributed by atoms with E-state index in [0.29, 0.717) is 30.9 Å². The standard InChI is InChI=1S/C22H30FN5O.C7H8.C2H2/c1-6-17-9-10-18(22(3,4)23)14-19(17)21(24-5)26-11-7-8-16(2)27-28-13-12-25-20(29)15-28;1-7-5-3-2-4-6-7;1-2/h7,9-11,14H,5-6,8,12-13,15H2,1-4H3,(H,25,29);2-6H,1H3;1-2H/b11-7-,26-21?,27-16+;;. The number of aryl methyl sites for hydroxylation is 2. The number of allylic oxidation sites excluding steroid dienone is 1. The highest BCUT2D eigenvalue weighted by atomic mass is 19.1. The molecule has 1 aliphatic heterocycles. The third-order valence-electron chi connectivity index (χ3n) is 5.55. The van der Waals surface area contributed by atoms with Gasteiger partial charge in [0.05, 0.1) is 6.54 Å². The molecule has 202 valence electrons. The maximum absolute atomic E-state index is 14.4. The molecule has 1 N–H and O–H groups in total. The highest BCUT2D eigenvalue weighted by Gasteiger charge is 2.21. The second-order valence-corrected chi connectivity index (χ2v) is 9.13. The molecule has 0 aliphatic carbocycles. The summed E-state index contributed by atoms with van der Waals surface area (Å²) in [7, 11) is 0. The molecule has 0 radical (unpaired) electrons. The highest BCUT2D eigenvalue weighted by molar-refractivity contribution is 6.03. The van der Waals surface area contributed by atoms with E-state index in [4.69, 9.17) is 0 Å². The SMILES string of the molecule is C#C.C=NC(=N/C=C\C/C(C)=N/N1CCNC(=O)C1)c1cc(C(C)(C)F)ccc1CC.Cc1ccccc1. The molecule has 1 aliphatic rings. The molecule has 1 fully saturated rings. The molecular formula is C31H40FN5O. The lowest BCUT2D eigenvalue weighted by atomic mass is 9.94. The number of hydrogen-bond acceptors (Lipinski definition) is 4. The average molecular weight is 518 g/mol. The van der Waals surface area contributed by atoms with Crippen molar-refractivity contribution in [2.75, 3.05) is 19.6 Å². The molecule has 0 atom stereocenters. The van der Waals surface area contributed by atoms with Crippen LogP contribution in [0, 0.1) is 19.8 Å². The Balaban J connectivity index is 0.000000682. The fourth-order valence-electron chi connectivity index (χ4n) is 3.53. The first-order valence-corrected chi connectivity index (χ1v) is 12.6. The lowest BCUT2D eigenvalue weighted by molar-refractivity contribution is -0.124. The first-order chi connectivity index (χ1) is 18.1. The van der Waals surface area contributed by atoms with Crippen LogP contribution in [0.15, 0.2) is 75.9 Å². The van der Waals surface area contributed by atoms with E-state index in [0.717, 1.165) is 23.3 Å². The van der Waals surface area contributed by atoms with Gasteiger partial charge in [0.25, 0.3) is 0 Å². The number of rotatable bonds is 7. The van der Waals surface area contributed by atoms with E-state index in [1.807, 2.05) is 44.2 Å². The first kappa shape index (κ1) is 32.0. The first-order valence-electron chi connectivity index (χ1n) is 12.6. The number of aliphatic imine (C=N–C) groups is 2. The maximum atomic E-state index is 14.4. The van der Waals surface area contributed by atoms with Crippen molar-refractivity contribution in [1.29, 1.82) is 0 Å². The van der Waals surface area contributed by atoms with Crippen LogP contribution in [0.1, 0.15) is 56.4 Å². The van der Waals surface area contributed by atoms with Crippen LogP contribution in [-0.2, 0) is 16.9 Å². The van der Waals surface area contributed by atoms with Gasteiger partial charge < -0.3 is 5.32 Å². The van der Waals surface area contributed by atoms with Crippen LogP contribution in [-0.4, -0.2) is 48.8 Å². The summed E-state index contributed by atoms with van der Waals surface area (Å²) in [4.78, 5) is 19.9. The second-order valence-electron chi connectivity index (χ2n) is 9.13. The lowest BCUT2D eigenvalue weighted by Gasteiger charge is -2.24. The molecular weight excluding hydrogens is 477 g/mol. The van der Waals surface area contributed by atoms with Crippen molar-refractivity contribution < 1.29 is 9.18 Å². The summed E-state index contributed by atoms with van der Waals surface area (Å²) in [5.41, 5.74) is 3.18. The minimum absolute atomic E-state index is 0.0138.